The number of benzene rings is 2. The van der Waals surface area contributed by atoms with Crippen molar-refractivity contribution in [2.24, 2.45) is 0 Å². The molecule has 0 spiro atoms. The average molecular weight is 289 g/mol. The Bertz CT molecular complexity index is 608. The van der Waals surface area contributed by atoms with Gasteiger partial charge < -0.3 is 10.5 Å². The zero-order valence-electron chi connectivity index (χ0n) is 11.8. The Hall–Kier alpha value is -1.81. The van der Waals surface area contributed by atoms with Crippen LogP contribution in [0.5, 0.6) is 5.75 Å². The highest BCUT2D eigenvalue weighted by Crippen LogP contribution is 2.20. The molecule has 0 amide bonds. The molecule has 2 rings (SSSR count). The summed E-state index contributed by atoms with van der Waals surface area (Å²) in [5.41, 5.74) is 8.61. The van der Waals surface area contributed by atoms with E-state index in [-0.39, 0.29) is 0 Å². The summed E-state index contributed by atoms with van der Waals surface area (Å²) in [4.78, 5) is 0.832. The molecule has 0 saturated carbocycles. The molecule has 1 unspecified atom stereocenters. The fourth-order valence-corrected chi connectivity index (χ4v) is 3.32. The van der Waals surface area contributed by atoms with E-state index in [2.05, 4.69) is 0 Å². The smallest absolute Gasteiger partial charge is 0.118 e. The van der Waals surface area contributed by atoms with E-state index < -0.39 is 10.8 Å². The van der Waals surface area contributed by atoms with E-state index in [4.69, 9.17) is 10.5 Å². The van der Waals surface area contributed by atoms with Gasteiger partial charge in [0.25, 0.3) is 0 Å². The predicted molar refractivity (Wildman–Crippen MR) is 83.6 cm³/mol. The molecular formula is C16H19NO2S. The first-order valence-electron chi connectivity index (χ1n) is 6.48. The van der Waals surface area contributed by atoms with Crippen LogP contribution in [0.15, 0.2) is 47.4 Å². The third-order valence-corrected chi connectivity index (χ3v) is 4.81. The molecule has 2 aromatic rings. The number of hydrogen-bond donors (Lipinski definition) is 1. The Labute approximate surface area is 122 Å². The van der Waals surface area contributed by atoms with Crippen molar-refractivity contribution in [2.75, 3.05) is 18.6 Å². The minimum absolute atomic E-state index is 0.594. The van der Waals surface area contributed by atoms with Gasteiger partial charge in [0.15, 0.2) is 0 Å². The van der Waals surface area contributed by atoms with Crippen molar-refractivity contribution in [1.82, 2.24) is 0 Å². The summed E-state index contributed by atoms with van der Waals surface area (Å²) in [6.45, 7) is 1.91. The number of nitrogen functional groups attached to an aromatic ring is 1. The molecule has 3 nitrogen and oxygen atoms in total. The molecule has 0 aliphatic carbocycles. The average Bonchev–Trinajstić information content (AvgIpc) is 2.48. The quantitative estimate of drug-likeness (QED) is 0.861. The molecule has 4 heteroatoms. The maximum atomic E-state index is 12.3. The molecule has 20 heavy (non-hydrogen) atoms. The zero-order valence-corrected chi connectivity index (χ0v) is 12.6. The molecule has 0 saturated heterocycles. The monoisotopic (exact) mass is 289 g/mol. The number of ether oxygens (including phenoxy) is 1. The lowest BCUT2D eigenvalue weighted by molar-refractivity contribution is 0.414. The first-order valence-corrected chi connectivity index (χ1v) is 7.80. The van der Waals surface area contributed by atoms with Gasteiger partial charge in [0.1, 0.15) is 5.75 Å². The number of hydrogen-bond acceptors (Lipinski definition) is 3. The van der Waals surface area contributed by atoms with E-state index in [0.29, 0.717) is 11.4 Å². The standard InChI is InChI=1S/C16H19NO2S/c1-12-15(17)4-3-5-16(12)20(18)11-10-13-6-8-14(19-2)9-7-13/h3-9H,10-11,17H2,1-2H3. The van der Waals surface area contributed by atoms with Crippen molar-refractivity contribution < 1.29 is 8.95 Å². The molecule has 0 aliphatic heterocycles. The highest BCUT2D eigenvalue weighted by molar-refractivity contribution is 7.85. The number of rotatable bonds is 5. The van der Waals surface area contributed by atoms with Crippen LogP contribution in [0, 0.1) is 6.92 Å². The van der Waals surface area contributed by atoms with Crippen LogP contribution in [-0.4, -0.2) is 17.1 Å². The lowest BCUT2D eigenvalue weighted by atomic mass is 10.2. The van der Waals surface area contributed by atoms with Crippen molar-refractivity contribution in [3.05, 3.63) is 53.6 Å². The van der Waals surface area contributed by atoms with Gasteiger partial charge in [0, 0.05) is 16.3 Å². The molecule has 1 atom stereocenters. The van der Waals surface area contributed by atoms with Gasteiger partial charge in [-0.15, -0.1) is 0 Å². The van der Waals surface area contributed by atoms with Crippen molar-refractivity contribution in [3.63, 3.8) is 0 Å². The van der Waals surface area contributed by atoms with Crippen molar-refractivity contribution >= 4 is 16.5 Å². The van der Waals surface area contributed by atoms with Crippen LogP contribution in [0.3, 0.4) is 0 Å². The van der Waals surface area contributed by atoms with Crippen LogP contribution in [-0.2, 0) is 17.2 Å². The van der Waals surface area contributed by atoms with E-state index in [0.717, 1.165) is 28.2 Å². The predicted octanol–water partition coefficient (Wildman–Crippen LogP) is 2.94. The summed E-state index contributed by atoms with van der Waals surface area (Å²) in [5.74, 6) is 1.43. The highest BCUT2D eigenvalue weighted by atomic mass is 32.2. The molecule has 2 N–H and O–H groups in total. The second-order valence-electron chi connectivity index (χ2n) is 4.62. The van der Waals surface area contributed by atoms with Gasteiger partial charge in [-0.25, -0.2) is 0 Å². The number of aryl methyl sites for hydroxylation is 1. The first kappa shape index (κ1) is 14.6. The number of methoxy groups -OCH3 is 1. The summed E-state index contributed by atoms with van der Waals surface area (Å²) >= 11 is 0. The molecule has 0 aromatic heterocycles. The fraction of sp³-hybridized carbons (Fsp3) is 0.250. The molecular weight excluding hydrogens is 270 g/mol. The Morgan fingerprint density at radius 3 is 2.50 bits per heavy atom. The Morgan fingerprint density at radius 2 is 1.85 bits per heavy atom. The lowest BCUT2D eigenvalue weighted by Gasteiger charge is -2.08. The molecule has 0 fully saturated rings. The van der Waals surface area contributed by atoms with Gasteiger partial charge in [-0.2, -0.15) is 0 Å². The molecule has 0 bridgehead atoms. The van der Waals surface area contributed by atoms with Gasteiger partial charge >= 0.3 is 0 Å². The third kappa shape index (κ3) is 3.39. The molecule has 0 heterocycles. The summed E-state index contributed by atoms with van der Waals surface area (Å²) in [6.07, 6.45) is 0.769. The van der Waals surface area contributed by atoms with Crippen LogP contribution in [0.1, 0.15) is 11.1 Å². The maximum absolute atomic E-state index is 12.3. The number of anilines is 1. The van der Waals surface area contributed by atoms with Crippen LogP contribution in [0.4, 0.5) is 5.69 Å². The van der Waals surface area contributed by atoms with Crippen LogP contribution >= 0.6 is 0 Å². The second kappa shape index (κ2) is 6.57. The van der Waals surface area contributed by atoms with Crippen LogP contribution in [0.25, 0.3) is 0 Å². The minimum atomic E-state index is -1.02. The summed E-state index contributed by atoms with van der Waals surface area (Å²) in [7, 11) is 0.621. The second-order valence-corrected chi connectivity index (χ2v) is 6.16. The minimum Gasteiger partial charge on any atom is -0.497 e. The van der Waals surface area contributed by atoms with E-state index >= 15 is 0 Å². The van der Waals surface area contributed by atoms with Gasteiger partial charge in [-0.3, -0.25) is 4.21 Å². The highest BCUT2D eigenvalue weighted by Gasteiger charge is 2.09. The largest absolute Gasteiger partial charge is 0.497 e. The molecule has 0 radical (unpaired) electrons. The van der Waals surface area contributed by atoms with E-state index in [1.54, 1.807) is 7.11 Å². The van der Waals surface area contributed by atoms with Gasteiger partial charge in [-0.05, 0) is 48.7 Å². The maximum Gasteiger partial charge on any atom is 0.118 e. The van der Waals surface area contributed by atoms with Crippen molar-refractivity contribution in [3.8, 4) is 5.75 Å². The lowest BCUT2D eigenvalue weighted by Crippen LogP contribution is -2.04. The van der Waals surface area contributed by atoms with Crippen molar-refractivity contribution in [1.29, 1.82) is 0 Å². The third-order valence-electron chi connectivity index (χ3n) is 3.31. The zero-order chi connectivity index (χ0) is 14.5. The van der Waals surface area contributed by atoms with E-state index in [1.807, 2.05) is 49.4 Å². The van der Waals surface area contributed by atoms with Crippen LogP contribution in [0.2, 0.25) is 0 Å². The van der Waals surface area contributed by atoms with Crippen molar-refractivity contribution in [2.45, 2.75) is 18.2 Å². The van der Waals surface area contributed by atoms with E-state index in [9.17, 15) is 4.21 Å². The van der Waals surface area contributed by atoms with Gasteiger partial charge in [0.05, 0.1) is 17.9 Å². The summed E-state index contributed by atoms with van der Waals surface area (Å²) in [5, 5.41) is 0. The summed E-state index contributed by atoms with van der Waals surface area (Å²) in [6, 6.07) is 13.4. The van der Waals surface area contributed by atoms with Crippen LogP contribution < -0.4 is 10.5 Å². The van der Waals surface area contributed by atoms with Gasteiger partial charge in [0.2, 0.25) is 0 Å². The SMILES string of the molecule is COc1ccc(CCS(=O)c2cccc(N)c2C)cc1. The first-order chi connectivity index (χ1) is 9.61. The Kier molecular flexibility index (Phi) is 4.79. The molecule has 0 aliphatic rings. The fourth-order valence-electron chi connectivity index (χ4n) is 1.99. The Balaban J connectivity index is 2.02. The van der Waals surface area contributed by atoms with E-state index in [1.165, 1.54) is 0 Å². The normalized spacial score (nSPS) is 12.1. The molecule has 2 aromatic carbocycles. The Morgan fingerprint density at radius 1 is 1.15 bits per heavy atom. The summed E-state index contributed by atoms with van der Waals surface area (Å²) < 4.78 is 17.5. The molecule has 106 valence electrons. The van der Waals surface area contributed by atoms with Gasteiger partial charge in [-0.1, -0.05) is 18.2 Å². The topological polar surface area (TPSA) is 52.3 Å². The number of nitrogens with two attached hydrogens (primary N) is 1.